The SMILES string of the molecule is C=CCC(NCCC)c1cc(Br)cc(Br)c1. The molecule has 1 N–H and O–H groups in total. The van der Waals surface area contributed by atoms with Crippen LogP contribution in [0.2, 0.25) is 0 Å². The summed E-state index contributed by atoms with van der Waals surface area (Å²) >= 11 is 7.03. The lowest BCUT2D eigenvalue weighted by atomic mass is 10.0. The Balaban J connectivity index is 2.86. The molecule has 0 heterocycles. The third kappa shape index (κ3) is 4.40. The van der Waals surface area contributed by atoms with Gasteiger partial charge in [-0.05, 0) is 43.1 Å². The van der Waals surface area contributed by atoms with Gasteiger partial charge in [-0.25, -0.2) is 0 Å². The molecule has 0 bridgehead atoms. The van der Waals surface area contributed by atoms with Gasteiger partial charge in [-0.2, -0.15) is 0 Å². The van der Waals surface area contributed by atoms with Crippen LogP contribution in [0.5, 0.6) is 0 Å². The first-order valence-corrected chi connectivity index (χ1v) is 7.06. The smallest absolute Gasteiger partial charge is 0.0355 e. The van der Waals surface area contributed by atoms with E-state index in [4.69, 9.17) is 0 Å². The van der Waals surface area contributed by atoms with E-state index in [-0.39, 0.29) is 0 Å². The zero-order valence-electron chi connectivity index (χ0n) is 9.47. The van der Waals surface area contributed by atoms with Crippen LogP contribution in [-0.4, -0.2) is 6.54 Å². The van der Waals surface area contributed by atoms with Gasteiger partial charge in [0.1, 0.15) is 0 Å². The normalized spacial score (nSPS) is 12.4. The van der Waals surface area contributed by atoms with Gasteiger partial charge in [0.15, 0.2) is 0 Å². The Morgan fingerprint density at radius 1 is 1.31 bits per heavy atom. The predicted octanol–water partition coefficient (Wildman–Crippen LogP) is 4.83. The summed E-state index contributed by atoms with van der Waals surface area (Å²) < 4.78 is 2.20. The molecule has 0 spiro atoms. The summed E-state index contributed by atoms with van der Waals surface area (Å²) in [6.45, 7) is 7.02. The van der Waals surface area contributed by atoms with Crippen molar-refractivity contribution in [3.8, 4) is 0 Å². The van der Waals surface area contributed by atoms with E-state index in [0.717, 1.165) is 28.3 Å². The minimum Gasteiger partial charge on any atom is -0.310 e. The summed E-state index contributed by atoms with van der Waals surface area (Å²) in [4.78, 5) is 0. The van der Waals surface area contributed by atoms with Crippen LogP contribution < -0.4 is 5.32 Å². The quantitative estimate of drug-likeness (QED) is 0.727. The van der Waals surface area contributed by atoms with Crippen LogP contribution in [0.4, 0.5) is 0 Å². The summed E-state index contributed by atoms with van der Waals surface area (Å²) in [5, 5.41) is 3.53. The van der Waals surface area contributed by atoms with Crippen LogP contribution in [0.15, 0.2) is 39.8 Å². The summed E-state index contributed by atoms with van der Waals surface area (Å²) in [7, 11) is 0. The Morgan fingerprint density at radius 2 is 1.94 bits per heavy atom. The number of hydrogen-bond acceptors (Lipinski definition) is 1. The van der Waals surface area contributed by atoms with Gasteiger partial charge in [-0.15, -0.1) is 6.58 Å². The maximum atomic E-state index is 3.82. The van der Waals surface area contributed by atoms with Crippen molar-refractivity contribution in [3.05, 3.63) is 45.4 Å². The maximum Gasteiger partial charge on any atom is 0.0355 e. The lowest BCUT2D eigenvalue weighted by molar-refractivity contribution is 0.537. The van der Waals surface area contributed by atoms with Crippen molar-refractivity contribution in [3.63, 3.8) is 0 Å². The highest BCUT2D eigenvalue weighted by atomic mass is 79.9. The van der Waals surface area contributed by atoms with Gasteiger partial charge < -0.3 is 5.32 Å². The summed E-state index contributed by atoms with van der Waals surface area (Å²) in [5.41, 5.74) is 1.29. The molecule has 0 aliphatic heterocycles. The second kappa shape index (κ2) is 7.25. The highest BCUT2D eigenvalue weighted by molar-refractivity contribution is 9.11. The van der Waals surface area contributed by atoms with Crippen molar-refractivity contribution in [2.24, 2.45) is 0 Å². The summed E-state index contributed by atoms with van der Waals surface area (Å²) in [5.74, 6) is 0. The zero-order chi connectivity index (χ0) is 12.0. The van der Waals surface area contributed by atoms with Crippen LogP contribution in [0.25, 0.3) is 0 Å². The second-order valence-electron chi connectivity index (χ2n) is 3.73. The molecular formula is C13H17Br2N. The van der Waals surface area contributed by atoms with Gasteiger partial charge in [-0.3, -0.25) is 0 Å². The number of nitrogens with one attached hydrogen (secondary N) is 1. The molecule has 3 heteroatoms. The Bertz CT molecular complexity index is 330. The molecular weight excluding hydrogens is 330 g/mol. The molecule has 0 saturated carbocycles. The lowest BCUT2D eigenvalue weighted by Gasteiger charge is -2.18. The second-order valence-corrected chi connectivity index (χ2v) is 5.57. The summed E-state index contributed by atoms with van der Waals surface area (Å²) in [6.07, 6.45) is 4.05. The van der Waals surface area contributed by atoms with Gasteiger partial charge in [0, 0.05) is 15.0 Å². The molecule has 1 rings (SSSR count). The van der Waals surface area contributed by atoms with E-state index in [1.807, 2.05) is 12.1 Å². The molecule has 88 valence electrons. The summed E-state index contributed by atoms with van der Waals surface area (Å²) in [6, 6.07) is 6.71. The molecule has 0 saturated heterocycles. The molecule has 1 unspecified atom stereocenters. The van der Waals surface area contributed by atoms with E-state index in [1.165, 1.54) is 5.56 Å². The average Bonchev–Trinajstić information content (AvgIpc) is 2.22. The Morgan fingerprint density at radius 3 is 2.44 bits per heavy atom. The van der Waals surface area contributed by atoms with E-state index in [1.54, 1.807) is 0 Å². The van der Waals surface area contributed by atoms with Crippen molar-refractivity contribution in [2.75, 3.05) is 6.54 Å². The Hall–Kier alpha value is -0.120. The first-order valence-electron chi connectivity index (χ1n) is 5.47. The van der Waals surface area contributed by atoms with Crippen molar-refractivity contribution in [2.45, 2.75) is 25.8 Å². The van der Waals surface area contributed by atoms with E-state index < -0.39 is 0 Å². The minimum absolute atomic E-state index is 0.353. The molecule has 16 heavy (non-hydrogen) atoms. The first kappa shape index (κ1) is 13.9. The number of rotatable bonds is 6. The molecule has 0 aromatic heterocycles. The highest BCUT2D eigenvalue weighted by Gasteiger charge is 2.09. The van der Waals surface area contributed by atoms with E-state index >= 15 is 0 Å². The van der Waals surface area contributed by atoms with Gasteiger partial charge in [0.25, 0.3) is 0 Å². The van der Waals surface area contributed by atoms with Crippen molar-refractivity contribution >= 4 is 31.9 Å². The third-order valence-corrected chi connectivity index (χ3v) is 3.25. The first-order chi connectivity index (χ1) is 7.67. The molecule has 0 fully saturated rings. The number of hydrogen-bond donors (Lipinski definition) is 1. The van der Waals surface area contributed by atoms with Crippen molar-refractivity contribution in [1.29, 1.82) is 0 Å². The third-order valence-electron chi connectivity index (χ3n) is 2.33. The van der Waals surface area contributed by atoms with Gasteiger partial charge in [-0.1, -0.05) is 44.9 Å². The fourth-order valence-electron chi connectivity index (χ4n) is 1.60. The molecule has 0 aliphatic rings. The minimum atomic E-state index is 0.353. The van der Waals surface area contributed by atoms with Gasteiger partial charge in [0.2, 0.25) is 0 Å². The van der Waals surface area contributed by atoms with Crippen LogP contribution in [0.1, 0.15) is 31.4 Å². The van der Waals surface area contributed by atoms with Gasteiger partial charge >= 0.3 is 0 Å². The number of halogens is 2. The highest BCUT2D eigenvalue weighted by Crippen LogP contribution is 2.26. The predicted molar refractivity (Wildman–Crippen MR) is 77.7 cm³/mol. The van der Waals surface area contributed by atoms with Crippen LogP contribution in [-0.2, 0) is 0 Å². The molecule has 0 amide bonds. The zero-order valence-corrected chi connectivity index (χ0v) is 12.6. The van der Waals surface area contributed by atoms with Crippen molar-refractivity contribution in [1.82, 2.24) is 5.32 Å². The lowest BCUT2D eigenvalue weighted by Crippen LogP contribution is -2.21. The van der Waals surface area contributed by atoms with Gasteiger partial charge in [0.05, 0.1) is 0 Å². The van der Waals surface area contributed by atoms with Crippen LogP contribution in [0, 0.1) is 0 Å². The molecule has 1 atom stereocenters. The molecule has 1 aromatic rings. The monoisotopic (exact) mass is 345 g/mol. The van der Waals surface area contributed by atoms with E-state index in [0.29, 0.717) is 6.04 Å². The standard InChI is InChI=1S/C13H17Br2N/c1-3-5-13(16-6-4-2)10-7-11(14)9-12(15)8-10/h3,7-9,13,16H,1,4-6H2,2H3. The van der Waals surface area contributed by atoms with E-state index in [2.05, 4.69) is 62.8 Å². The molecule has 0 aliphatic carbocycles. The van der Waals surface area contributed by atoms with E-state index in [9.17, 15) is 0 Å². The molecule has 0 radical (unpaired) electrons. The van der Waals surface area contributed by atoms with Crippen molar-refractivity contribution < 1.29 is 0 Å². The topological polar surface area (TPSA) is 12.0 Å². The molecule has 1 aromatic carbocycles. The largest absolute Gasteiger partial charge is 0.310 e. The fourth-order valence-corrected chi connectivity index (χ4v) is 2.93. The molecule has 1 nitrogen and oxygen atoms in total. The average molecular weight is 347 g/mol. The van der Waals surface area contributed by atoms with Crippen LogP contribution in [0.3, 0.4) is 0 Å². The Kier molecular flexibility index (Phi) is 6.32. The number of benzene rings is 1. The maximum absolute atomic E-state index is 3.82. The fraction of sp³-hybridized carbons (Fsp3) is 0.385. The van der Waals surface area contributed by atoms with Crippen LogP contribution >= 0.6 is 31.9 Å². The Labute approximate surface area is 115 Å².